The Balaban J connectivity index is 1.94. The normalized spacial score (nSPS) is 12.0. The summed E-state index contributed by atoms with van der Waals surface area (Å²) in [5.74, 6) is -0.864. The number of carbonyl (C=O) groups is 1. The lowest BCUT2D eigenvalue weighted by atomic mass is 10.1. The van der Waals surface area contributed by atoms with E-state index in [2.05, 4.69) is 10.3 Å². The lowest BCUT2D eigenvalue weighted by Gasteiger charge is -2.14. The van der Waals surface area contributed by atoms with Gasteiger partial charge in [0.05, 0.1) is 0 Å². The van der Waals surface area contributed by atoms with Gasteiger partial charge in [0.25, 0.3) is 0 Å². The van der Waals surface area contributed by atoms with Gasteiger partial charge in [0.2, 0.25) is 0 Å². The van der Waals surface area contributed by atoms with Crippen LogP contribution in [0.25, 0.3) is 0 Å². The molecule has 0 radical (unpaired) electrons. The van der Waals surface area contributed by atoms with Gasteiger partial charge in [-0.3, -0.25) is 9.78 Å². The monoisotopic (exact) mass is 256 g/mol. The quantitative estimate of drug-likeness (QED) is 0.830. The van der Waals surface area contributed by atoms with Crippen molar-refractivity contribution in [1.29, 1.82) is 0 Å². The fourth-order valence-corrected chi connectivity index (χ4v) is 1.90. The maximum absolute atomic E-state index is 11.3. The minimum atomic E-state index is -0.864. The number of hydrogen-bond acceptors (Lipinski definition) is 3. The summed E-state index contributed by atoms with van der Waals surface area (Å²) in [6, 6.07) is 12.4. The predicted molar refractivity (Wildman–Crippen MR) is 72.8 cm³/mol. The Morgan fingerprint density at radius 1 is 1.21 bits per heavy atom. The Hall–Kier alpha value is -2.20. The van der Waals surface area contributed by atoms with Crippen LogP contribution in [0.4, 0.5) is 0 Å². The molecule has 4 nitrogen and oxygen atoms in total. The molecule has 1 aromatic heterocycles. The molecule has 98 valence electrons. The molecule has 1 atom stereocenters. The smallest absolute Gasteiger partial charge is 0.325 e. The molecule has 0 saturated carbocycles. The molecule has 1 heterocycles. The molecule has 0 amide bonds. The average molecular weight is 256 g/mol. The second-order valence-electron chi connectivity index (χ2n) is 4.25. The van der Waals surface area contributed by atoms with Gasteiger partial charge in [-0.25, -0.2) is 0 Å². The summed E-state index contributed by atoms with van der Waals surface area (Å²) in [7, 11) is 0. The second-order valence-corrected chi connectivity index (χ2v) is 4.25. The molecule has 1 aromatic carbocycles. The Morgan fingerprint density at radius 2 is 2.00 bits per heavy atom. The first-order valence-electron chi connectivity index (χ1n) is 6.17. The molecule has 0 spiro atoms. The first-order chi connectivity index (χ1) is 9.27. The maximum atomic E-state index is 11.3. The summed E-state index contributed by atoms with van der Waals surface area (Å²) in [5.41, 5.74) is 1.85. The van der Waals surface area contributed by atoms with Gasteiger partial charge in [0.1, 0.15) is 6.04 Å². The van der Waals surface area contributed by atoms with Crippen LogP contribution in [0.3, 0.4) is 0 Å². The maximum Gasteiger partial charge on any atom is 0.325 e. The van der Waals surface area contributed by atoms with Crippen LogP contribution in [0.2, 0.25) is 0 Å². The van der Waals surface area contributed by atoms with E-state index in [1.165, 1.54) is 0 Å². The number of aliphatic carboxylic acids is 1. The summed E-state index contributed by atoms with van der Waals surface area (Å²) in [6.45, 7) is 0.595. The van der Waals surface area contributed by atoms with E-state index in [9.17, 15) is 9.90 Å². The van der Waals surface area contributed by atoms with Crippen LogP contribution in [-0.2, 0) is 11.2 Å². The van der Waals surface area contributed by atoms with E-state index in [0.29, 0.717) is 6.54 Å². The lowest BCUT2D eigenvalue weighted by Crippen LogP contribution is -2.30. The van der Waals surface area contributed by atoms with Crippen LogP contribution in [-0.4, -0.2) is 22.6 Å². The van der Waals surface area contributed by atoms with Gasteiger partial charge in [-0.15, -0.1) is 0 Å². The van der Waals surface area contributed by atoms with Crippen LogP contribution in [0.5, 0.6) is 0 Å². The van der Waals surface area contributed by atoms with E-state index in [1.54, 1.807) is 12.4 Å². The topological polar surface area (TPSA) is 62.2 Å². The summed E-state index contributed by atoms with van der Waals surface area (Å²) >= 11 is 0. The van der Waals surface area contributed by atoms with Crippen molar-refractivity contribution in [1.82, 2.24) is 10.3 Å². The average Bonchev–Trinajstić information content (AvgIpc) is 2.45. The van der Waals surface area contributed by atoms with Crippen molar-refractivity contribution in [3.05, 3.63) is 66.0 Å². The van der Waals surface area contributed by atoms with Crippen molar-refractivity contribution in [2.75, 3.05) is 6.54 Å². The highest BCUT2D eigenvalue weighted by Gasteiger charge is 2.18. The van der Waals surface area contributed by atoms with Gasteiger partial charge in [-0.2, -0.15) is 0 Å². The summed E-state index contributed by atoms with van der Waals surface area (Å²) < 4.78 is 0. The molecule has 2 aromatic rings. The highest BCUT2D eigenvalue weighted by molar-refractivity contribution is 5.75. The molecule has 4 heteroatoms. The number of aromatic nitrogens is 1. The van der Waals surface area contributed by atoms with E-state index in [0.717, 1.165) is 17.5 Å². The minimum absolute atomic E-state index is 0.595. The standard InChI is InChI=1S/C15H16N2O2/c18-15(19)14(13-6-2-1-3-7-13)17-10-8-12-5-4-9-16-11-12/h1-7,9,11,14,17H,8,10H2,(H,18,19). The number of carboxylic acid groups (broad SMARTS) is 1. The van der Waals surface area contributed by atoms with E-state index >= 15 is 0 Å². The molecule has 2 N–H and O–H groups in total. The van der Waals surface area contributed by atoms with E-state index in [-0.39, 0.29) is 0 Å². The molecule has 19 heavy (non-hydrogen) atoms. The van der Waals surface area contributed by atoms with Crippen LogP contribution in [0.1, 0.15) is 17.2 Å². The Labute approximate surface area is 112 Å². The van der Waals surface area contributed by atoms with Gasteiger partial charge in [-0.05, 0) is 23.6 Å². The Morgan fingerprint density at radius 3 is 2.63 bits per heavy atom. The van der Waals surface area contributed by atoms with Crippen LogP contribution in [0, 0.1) is 0 Å². The third kappa shape index (κ3) is 3.89. The molecule has 1 unspecified atom stereocenters. The van der Waals surface area contributed by atoms with Crippen molar-refractivity contribution in [2.24, 2.45) is 0 Å². The zero-order chi connectivity index (χ0) is 13.5. The van der Waals surface area contributed by atoms with Crippen molar-refractivity contribution in [2.45, 2.75) is 12.5 Å². The second kappa shape index (κ2) is 6.66. The van der Waals surface area contributed by atoms with Crippen LogP contribution in [0.15, 0.2) is 54.9 Å². The summed E-state index contributed by atoms with van der Waals surface area (Å²) in [4.78, 5) is 15.3. The summed E-state index contributed by atoms with van der Waals surface area (Å²) in [6.07, 6.45) is 4.27. The molecular weight excluding hydrogens is 240 g/mol. The fraction of sp³-hybridized carbons (Fsp3) is 0.200. The zero-order valence-electron chi connectivity index (χ0n) is 10.5. The highest BCUT2D eigenvalue weighted by Crippen LogP contribution is 2.12. The Kier molecular flexibility index (Phi) is 4.64. The van der Waals surface area contributed by atoms with Gasteiger partial charge in [0, 0.05) is 18.9 Å². The van der Waals surface area contributed by atoms with Crippen LogP contribution < -0.4 is 5.32 Å². The number of rotatable bonds is 6. The first-order valence-corrected chi connectivity index (χ1v) is 6.17. The van der Waals surface area contributed by atoms with Gasteiger partial charge < -0.3 is 10.4 Å². The number of benzene rings is 1. The number of carboxylic acids is 1. The number of hydrogen-bond donors (Lipinski definition) is 2. The van der Waals surface area contributed by atoms with Crippen molar-refractivity contribution >= 4 is 5.97 Å². The first kappa shape index (κ1) is 13.2. The van der Waals surface area contributed by atoms with Crippen LogP contribution >= 0.6 is 0 Å². The SMILES string of the molecule is O=C(O)C(NCCc1cccnc1)c1ccccc1. The highest BCUT2D eigenvalue weighted by atomic mass is 16.4. The Bertz CT molecular complexity index is 514. The van der Waals surface area contributed by atoms with E-state index < -0.39 is 12.0 Å². The third-order valence-electron chi connectivity index (χ3n) is 2.86. The molecule has 0 saturated heterocycles. The molecule has 0 aliphatic rings. The summed E-state index contributed by atoms with van der Waals surface area (Å²) in [5, 5.41) is 12.3. The van der Waals surface area contributed by atoms with E-state index in [4.69, 9.17) is 0 Å². The van der Waals surface area contributed by atoms with Gasteiger partial charge >= 0.3 is 5.97 Å². The van der Waals surface area contributed by atoms with Crippen molar-refractivity contribution in [3.63, 3.8) is 0 Å². The predicted octanol–water partition coefficient (Wildman–Crippen LogP) is 2.04. The fourth-order valence-electron chi connectivity index (χ4n) is 1.90. The number of pyridine rings is 1. The zero-order valence-corrected chi connectivity index (χ0v) is 10.5. The minimum Gasteiger partial charge on any atom is -0.480 e. The molecule has 0 bridgehead atoms. The largest absolute Gasteiger partial charge is 0.480 e. The lowest BCUT2D eigenvalue weighted by molar-refractivity contribution is -0.139. The molecular formula is C15H16N2O2. The van der Waals surface area contributed by atoms with Gasteiger partial charge in [0.15, 0.2) is 0 Å². The molecule has 0 aliphatic carbocycles. The molecule has 0 fully saturated rings. The molecule has 0 aliphatic heterocycles. The number of nitrogens with one attached hydrogen (secondary N) is 1. The van der Waals surface area contributed by atoms with Gasteiger partial charge in [-0.1, -0.05) is 36.4 Å². The van der Waals surface area contributed by atoms with E-state index in [1.807, 2.05) is 42.5 Å². The number of nitrogens with zero attached hydrogens (tertiary/aromatic N) is 1. The van der Waals surface area contributed by atoms with Crippen molar-refractivity contribution < 1.29 is 9.90 Å². The third-order valence-corrected chi connectivity index (χ3v) is 2.86. The molecule has 2 rings (SSSR count). The van der Waals surface area contributed by atoms with Crippen molar-refractivity contribution in [3.8, 4) is 0 Å².